The molecule has 0 atom stereocenters. The van der Waals surface area contributed by atoms with Crippen molar-refractivity contribution < 1.29 is 14.6 Å². The Labute approximate surface area is 115 Å². The normalized spacial score (nSPS) is 13.8. The number of aliphatic carboxylic acids is 1. The van der Waals surface area contributed by atoms with E-state index in [1.807, 2.05) is 31.2 Å². The van der Waals surface area contributed by atoms with Gasteiger partial charge >= 0.3 is 5.97 Å². The highest BCUT2D eigenvalue weighted by Gasteiger charge is 2.15. The number of carbonyl (C=O) groups is 1. The standard InChI is InChI=1S/C15H14N2O3/c1-2-20-12-8-4-7-11-14(12)17-13-9(15(18)19)5-3-6-10(13)16-11/h4,6-8H,2-3,5H2,1H3,(H,18,19). The SMILES string of the molecule is CCOc1cccc2nc3c(nc12)=C(C(=O)O)CCC=3. The number of hydrogen-bond donors (Lipinski definition) is 1. The number of aromatic nitrogens is 2. The van der Waals surface area contributed by atoms with Crippen LogP contribution in [-0.2, 0) is 4.79 Å². The molecule has 0 unspecified atom stereocenters. The van der Waals surface area contributed by atoms with E-state index in [1.165, 1.54) is 0 Å². The molecule has 0 spiro atoms. The highest BCUT2D eigenvalue weighted by molar-refractivity contribution is 6.08. The minimum atomic E-state index is -0.929. The van der Waals surface area contributed by atoms with E-state index in [-0.39, 0.29) is 0 Å². The van der Waals surface area contributed by atoms with Crippen molar-refractivity contribution in [2.45, 2.75) is 19.8 Å². The predicted molar refractivity (Wildman–Crippen MR) is 74.7 cm³/mol. The first-order chi connectivity index (χ1) is 9.70. The summed E-state index contributed by atoms with van der Waals surface area (Å²) in [4.78, 5) is 20.3. The molecule has 102 valence electrons. The number of fused-ring (bicyclic) bond motifs is 2. The maximum absolute atomic E-state index is 11.3. The van der Waals surface area contributed by atoms with Crippen LogP contribution in [0.3, 0.4) is 0 Å². The van der Waals surface area contributed by atoms with Crippen molar-refractivity contribution in [1.82, 2.24) is 9.97 Å². The molecular weight excluding hydrogens is 256 g/mol. The summed E-state index contributed by atoms with van der Waals surface area (Å²) in [6, 6.07) is 5.53. The maximum Gasteiger partial charge on any atom is 0.333 e. The van der Waals surface area contributed by atoms with Gasteiger partial charge in [-0.2, -0.15) is 0 Å². The maximum atomic E-state index is 11.3. The van der Waals surface area contributed by atoms with Crippen LogP contribution in [0.25, 0.3) is 22.7 Å². The van der Waals surface area contributed by atoms with Gasteiger partial charge in [0.05, 0.1) is 28.4 Å². The summed E-state index contributed by atoms with van der Waals surface area (Å²) >= 11 is 0. The summed E-state index contributed by atoms with van der Waals surface area (Å²) in [5.74, 6) is -0.294. The van der Waals surface area contributed by atoms with Crippen LogP contribution in [0.15, 0.2) is 18.2 Å². The van der Waals surface area contributed by atoms with Gasteiger partial charge in [0.15, 0.2) is 0 Å². The third kappa shape index (κ3) is 2.01. The van der Waals surface area contributed by atoms with E-state index in [9.17, 15) is 9.90 Å². The van der Waals surface area contributed by atoms with Crippen LogP contribution in [-0.4, -0.2) is 27.7 Å². The Balaban J connectivity index is 2.41. The van der Waals surface area contributed by atoms with E-state index in [2.05, 4.69) is 9.97 Å². The molecule has 0 fully saturated rings. The number of para-hydroxylation sites is 1. The van der Waals surface area contributed by atoms with Crippen molar-refractivity contribution in [2.75, 3.05) is 6.61 Å². The Morgan fingerprint density at radius 3 is 3.00 bits per heavy atom. The summed E-state index contributed by atoms with van der Waals surface area (Å²) in [5.41, 5.74) is 1.66. The second-order valence-electron chi connectivity index (χ2n) is 4.54. The monoisotopic (exact) mass is 270 g/mol. The summed E-state index contributed by atoms with van der Waals surface area (Å²) in [5, 5.41) is 10.4. The molecule has 1 aromatic heterocycles. The number of carboxylic acid groups (broad SMARTS) is 1. The molecule has 5 heteroatoms. The van der Waals surface area contributed by atoms with Crippen LogP contribution in [0.5, 0.6) is 5.75 Å². The van der Waals surface area contributed by atoms with Gasteiger partial charge in [-0.15, -0.1) is 0 Å². The molecule has 0 saturated carbocycles. The van der Waals surface area contributed by atoms with Gasteiger partial charge in [-0.3, -0.25) is 0 Å². The highest BCUT2D eigenvalue weighted by atomic mass is 16.5. The Kier molecular flexibility index (Phi) is 3.10. The Morgan fingerprint density at radius 1 is 1.40 bits per heavy atom. The lowest BCUT2D eigenvalue weighted by molar-refractivity contribution is -0.130. The first kappa shape index (κ1) is 12.6. The molecule has 0 aliphatic heterocycles. The Hall–Kier alpha value is -2.43. The number of ether oxygens (including phenoxy) is 1. The molecule has 1 aromatic carbocycles. The second-order valence-corrected chi connectivity index (χ2v) is 4.54. The largest absolute Gasteiger partial charge is 0.492 e. The lowest BCUT2D eigenvalue weighted by atomic mass is 10.1. The van der Waals surface area contributed by atoms with Crippen molar-refractivity contribution in [3.8, 4) is 5.75 Å². The summed E-state index contributed by atoms with van der Waals surface area (Å²) in [6.07, 6.45) is 3.10. The fraction of sp³-hybridized carbons (Fsp3) is 0.267. The quantitative estimate of drug-likeness (QED) is 0.894. The minimum Gasteiger partial charge on any atom is -0.492 e. The average Bonchev–Trinajstić information content (AvgIpc) is 2.45. The molecule has 3 rings (SSSR count). The topological polar surface area (TPSA) is 72.3 Å². The van der Waals surface area contributed by atoms with E-state index in [0.29, 0.717) is 47.0 Å². The van der Waals surface area contributed by atoms with Crippen LogP contribution < -0.4 is 15.4 Å². The molecule has 0 bridgehead atoms. The van der Waals surface area contributed by atoms with Crippen molar-refractivity contribution >= 4 is 28.7 Å². The predicted octanol–water partition coefficient (Wildman–Crippen LogP) is 0.838. The summed E-state index contributed by atoms with van der Waals surface area (Å²) in [6.45, 7) is 2.42. The number of nitrogens with zero attached hydrogens (tertiary/aromatic N) is 2. The molecule has 0 radical (unpaired) electrons. The lowest BCUT2D eigenvalue weighted by Crippen LogP contribution is -2.37. The zero-order valence-corrected chi connectivity index (χ0v) is 11.1. The lowest BCUT2D eigenvalue weighted by Gasteiger charge is -2.09. The van der Waals surface area contributed by atoms with Crippen molar-refractivity contribution in [1.29, 1.82) is 0 Å². The molecular formula is C15H14N2O3. The van der Waals surface area contributed by atoms with Crippen LogP contribution in [0.1, 0.15) is 19.8 Å². The van der Waals surface area contributed by atoms with E-state index < -0.39 is 5.97 Å². The molecule has 1 aliphatic rings. The fourth-order valence-electron chi connectivity index (χ4n) is 2.38. The molecule has 1 aliphatic carbocycles. The van der Waals surface area contributed by atoms with Gasteiger partial charge in [0, 0.05) is 0 Å². The third-order valence-electron chi connectivity index (χ3n) is 3.26. The van der Waals surface area contributed by atoms with Crippen molar-refractivity contribution in [2.24, 2.45) is 0 Å². The van der Waals surface area contributed by atoms with E-state index in [4.69, 9.17) is 4.74 Å². The van der Waals surface area contributed by atoms with Gasteiger partial charge in [0.1, 0.15) is 11.3 Å². The number of benzene rings is 1. The number of hydrogen-bond acceptors (Lipinski definition) is 4. The average molecular weight is 270 g/mol. The first-order valence-corrected chi connectivity index (χ1v) is 6.57. The van der Waals surface area contributed by atoms with Crippen molar-refractivity contribution in [3.63, 3.8) is 0 Å². The fourth-order valence-corrected chi connectivity index (χ4v) is 2.38. The van der Waals surface area contributed by atoms with E-state index in [0.717, 1.165) is 5.52 Å². The van der Waals surface area contributed by atoms with Gasteiger partial charge in [0.25, 0.3) is 0 Å². The zero-order chi connectivity index (χ0) is 14.1. The molecule has 5 nitrogen and oxygen atoms in total. The summed E-state index contributed by atoms with van der Waals surface area (Å²) in [7, 11) is 0. The molecule has 20 heavy (non-hydrogen) atoms. The van der Waals surface area contributed by atoms with Gasteiger partial charge in [-0.1, -0.05) is 12.1 Å². The molecule has 0 amide bonds. The zero-order valence-electron chi connectivity index (χ0n) is 11.1. The molecule has 1 N–H and O–H groups in total. The molecule has 0 saturated heterocycles. The van der Waals surface area contributed by atoms with Gasteiger partial charge in [0.2, 0.25) is 0 Å². The molecule has 1 heterocycles. The highest BCUT2D eigenvalue weighted by Crippen LogP contribution is 2.20. The van der Waals surface area contributed by atoms with Crippen LogP contribution in [0.2, 0.25) is 0 Å². The first-order valence-electron chi connectivity index (χ1n) is 6.57. The third-order valence-corrected chi connectivity index (χ3v) is 3.26. The van der Waals surface area contributed by atoms with Gasteiger partial charge in [-0.25, -0.2) is 14.8 Å². The second kappa shape index (κ2) is 4.92. The van der Waals surface area contributed by atoms with E-state index in [1.54, 1.807) is 0 Å². The summed E-state index contributed by atoms with van der Waals surface area (Å²) < 4.78 is 5.54. The minimum absolute atomic E-state index is 0.322. The van der Waals surface area contributed by atoms with E-state index >= 15 is 0 Å². The molecule has 2 aromatic rings. The smallest absolute Gasteiger partial charge is 0.333 e. The van der Waals surface area contributed by atoms with Crippen LogP contribution >= 0.6 is 0 Å². The van der Waals surface area contributed by atoms with Gasteiger partial charge < -0.3 is 9.84 Å². The van der Waals surface area contributed by atoms with Crippen LogP contribution in [0, 0.1) is 0 Å². The Bertz CT molecular complexity index is 812. The van der Waals surface area contributed by atoms with Crippen molar-refractivity contribution in [3.05, 3.63) is 28.9 Å². The van der Waals surface area contributed by atoms with Gasteiger partial charge in [-0.05, 0) is 31.9 Å². The number of rotatable bonds is 3. The number of carboxylic acids is 1. The Morgan fingerprint density at radius 2 is 2.25 bits per heavy atom. The van der Waals surface area contributed by atoms with Crippen LogP contribution in [0.4, 0.5) is 0 Å².